The average Bonchev–Trinajstić information content (AvgIpc) is 2.98. The van der Waals surface area contributed by atoms with Crippen molar-refractivity contribution >= 4 is 0 Å². The maximum Gasteiger partial charge on any atom is 0.0527 e. The summed E-state index contributed by atoms with van der Waals surface area (Å²) in [5.74, 6) is 1.54. The van der Waals surface area contributed by atoms with Gasteiger partial charge in [-0.05, 0) is 50.3 Å². The van der Waals surface area contributed by atoms with E-state index >= 15 is 0 Å². The molecule has 0 amide bonds. The van der Waals surface area contributed by atoms with E-state index in [1.54, 1.807) is 11.3 Å². The zero-order valence-corrected chi connectivity index (χ0v) is 10.8. The number of piperidine rings is 1. The van der Waals surface area contributed by atoms with Gasteiger partial charge in [-0.25, -0.2) is 0 Å². The minimum Gasteiger partial charge on any atom is -0.317 e. The van der Waals surface area contributed by atoms with E-state index in [0.29, 0.717) is 0 Å². The summed E-state index contributed by atoms with van der Waals surface area (Å²) in [6, 6.07) is 0. The Kier molecular flexibility index (Phi) is 3.19. The molecule has 1 aromatic heterocycles. The maximum atomic E-state index is 4.53. The van der Waals surface area contributed by atoms with Crippen molar-refractivity contribution in [3.63, 3.8) is 0 Å². The third-order valence-corrected chi connectivity index (χ3v) is 4.54. The van der Waals surface area contributed by atoms with Gasteiger partial charge in [-0.1, -0.05) is 12.8 Å². The molecule has 3 rings (SSSR count). The van der Waals surface area contributed by atoms with Gasteiger partial charge in [0.25, 0.3) is 0 Å². The molecule has 0 aromatic carbocycles. The van der Waals surface area contributed by atoms with Crippen LogP contribution in [0.5, 0.6) is 0 Å². The zero-order valence-electron chi connectivity index (χ0n) is 10.8. The molecule has 2 heterocycles. The highest BCUT2D eigenvalue weighted by atomic mass is 15.3. The van der Waals surface area contributed by atoms with Gasteiger partial charge in [0.15, 0.2) is 0 Å². The summed E-state index contributed by atoms with van der Waals surface area (Å²) in [5.41, 5.74) is 3.11. The zero-order chi connectivity index (χ0) is 11.7. The molecule has 94 valence electrons. The highest BCUT2D eigenvalue weighted by Crippen LogP contribution is 2.39. The van der Waals surface area contributed by atoms with Gasteiger partial charge in [0.1, 0.15) is 0 Å². The molecule has 2 aliphatic rings. The molecule has 0 unspecified atom stereocenters. The van der Waals surface area contributed by atoms with Crippen LogP contribution in [0.15, 0.2) is 6.20 Å². The smallest absolute Gasteiger partial charge is 0.0527 e. The van der Waals surface area contributed by atoms with Gasteiger partial charge >= 0.3 is 0 Å². The summed E-state index contributed by atoms with van der Waals surface area (Å²) in [5, 5.41) is 7.99. The minimum atomic E-state index is 0.736. The molecular weight excluding hydrogens is 210 g/mol. The fraction of sp³-hybridized carbons (Fsp3) is 0.786. The van der Waals surface area contributed by atoms with Crippen molar-refractivity contribution in [2.24, 2.45) is 7.05 Å². The summed E-state index contributed by atoms with van der Waals surface area (Å²) in [7, 11) is 2.12. The second-order valence-electron chi connectivity index (χ2n) is 5.61. The summed E-state index contributed by atoms with van der Waals surface area (Å²) in [6.45, 7) is 2.33. The number of hydrogen-bond acceptors (Lipinski definition) is 2. The molecule has 1 saturated heterocycles. The first-order valence-corrected chi connectivity index (χ1v) is 7.09. The standard InChI is InChI=1S/C14H23N3/c1-17-14(12-6-8-15-9-7-12)13(10-16-17)11-4-2-3-5-11/h10-12,15H,2-9H2,1H3. The predicted octanol–water partition coefficient (Wildman–Crippen LogP) is 2.54. The molecular formula is C14H23N3. The Hall–Kier alpha value is -0.830. The van der Waals surface area contributed by atoms with Crippen LogP contribution in [0.1, 0.15) is 61.6 Å². The van der Waals surface area contributed by atoms with E-state index < -0.39 is 0 Å². The Labute approximate surface area is 104 Å². The van der Waals surface area contributed by atoms with E-state index in [1.807, 2.05) is 0 Å². The molecule has 17 heavy (non-hydrogen) atoms. The summed E-state index contributed by atoms with van der Waals surface area (Å²) in [6.07, 6.45) is 10.3. The van der Waals surface area contributed by atoms with E-state index in [4.69, 9.17) is 0 Å². The van der Waals surface area contributed by atoms with Crippen molar-refractivity contribution in [1.29, 1.82) is 0 Å². The van der Waals surface area contributed by atoms with Crippen LogP contribution in [0.25, 0.3) is 0 Å². The van der Waals surface area contributed by atoms with Crippen LogP contribution in [0.2, 0.25) is 0 Å². The molecule has 0 radical (unpaired) electrons. The highest BCUT2D eigenvalue weighted by molar-refractivity contribution is 5.27. The lowest BCUT2D eigenvalue weighted by atomic mass is 9.87. The number of aromatic nitrogens is 2. The molecule has 1 aromatic rings. The molecule has 1 aliphatic carbocycles. The first kappa shape index (κ1) is 11.3. The van der Waals surface area contributed by atoms with Gasteiger partial charge in [0, 0.05) is 18.7 Å². The second-order valence-corrected chi connectivity index (χ2v) is 5.61. The number of rotatable bonds is 2. The van der Waals surface area contributed by atoms with Crippen LogP contribution in [-0.2, 0) is 7.05 Å². The normalized spacial score (nSPS) is 23.4. The van der Waals surface area contributed by atoms with Crippen molar-refractivity contribution in [3.8, 4) is 0 Å². The van der Waals surface area contributed by atoms with Crippen LogP contribution < -0.4 is 5.32 Å². The van der Waals surface area contributed by atoms with E-state index in [1.165, 1.54) is 51.6 Å². The number of hydrogen-bond donors (Lipinski definition) is 1. The summed E-state index contributed by atoms with van der Waals surface area (Å²) >= 11 is 0. The number of aryl methyl sites for hydroxylation is 1. The van der Waals surface area contributed by atoms with Gasteiger partial charge in [-0.15, -0.1) is 0 Å². The van der Waals surface area contributed by atoms with Gasteiger partial charge in [-0.2, -0.15) is 5.10 Å². The largest absolute Gasteiger partial charge is 0.317 e. The molecule has 1 aliphatic heterocycles. The highest BCUT2D eigenvalue weighted by Gasteiger charge is 2.27. The SMILES string of the molecule is Cn1ncc(C2CCCC2)c1C1CCNCC1. The molecule has 3 nitrogen and oxygen atoms in total. The average molecular weight is 233 g/mol. The summed E-state index contributed by atoms with van der Waals surface area (Å²) in [4.78, 5) is 0. The fourth-order valence-corrected chi connectivity index (χ4v) is 3.61. The van der Waals surface area contributed by atoms with Crippen LogP contribution in [0, 0.1) is 0 Å². The third-order valence-electron chi connectivity index (χ3n) is 4.54. The topological polar surface area (TPSA) is 29.9 Å². The lowest BCUT2D eigenvalue weighted by Gasteiger charge is -2.25. The molecule has 1 N–H and O–H groups in total. The van der Waals surface area contributed by atoms with Crippen molar-refractivity contribution < 1.29 is 0 Å². The van der Waals surface area contributed by atoms with E-state index in [9.17, 15) is 0 Å². The van der Waals surface area contributed by atoms with E-state index in [-0.39, 0.29) is 0 Å². The minimum absolute atomic E-state index is 0.736. The number of nitrogens with zero attached hydrogens (tertiary/aromatic N) is 2. The molecule has 0 bridgehead atoms. The third kappa shape index (κ3) is 2.13. The molecule has 1 saturated carbocycles. The Morgan fingerprint density at radius 1 is 1.12 bits per heavy atom. The number of nitrogens with one attached hydrogen (secondary N) is 1. The Morgan fingerprint density at radius 2 is 1.82 bits per heavy atom. The first-order chi connectivity index (χ1) is 8.36. The van der Waals surface area contributed by atoms with Crippen LogP contribution in [-0.4, -0.2) is 22.9 Å². The predicted molar refractivity (Wildman–Crippen MR) is 69.3 cm³/mol. The van der Waals surface area contributed by atoms with Crippen LogP contribution in [0.4, 0.5) is 0 Å². The van der Waals surface area contributed by atoms with Gasteiger partial charge in [0.2, 0.25) is 0 Å². The maximum absolute atomic E-state index is 4.53. The lowest BCUT2D eigenvalue weighted by Crippen LogP contribution is -2.28. The summed E-state index contributed by atoms with van der Waals surface area (Å²) < 4.78 is 2.14. The fourth-order valence-electron chi connectivity index (χ4n) is 3.61. The van der Waals surface area contributed by atoms with E-state index in [2.05, 4.69) is 28.3 Å². The van der Waals surface area contributed by atoms with Crippen LogP contribution >= 0.6 is 0 Å². The van der Waals surface area contributed by atoms with Crippen LogP contribution in [0.3, 0.4) is 0 Å². The van der Waals surface area contributed by atoms with Gasteiger partial charge in [0.05, 0.1) is 6.20 Å². The monoisotopic (exact) mass is 233 g/mol. The second kappa shape index (κ2) is 4.81. The molecule has 3 heteroatoms. The van der Waals surface area contributed by atoms with Crippen molar-refractivity contribution in [2.45, 2.75) is 50.4 Å². The Morgan fingerprint density at radius 3 is 2.53 bits per heavy atom. The molecule has 0 atom stereocenters. The van der Waals surface area contributed by atoms with Crippen molar-refractivity contribution in [1.82, 2.24) is 15.1 Å². The Balaban J connectivity index is 1.88. The van der Waals surface area contributed by atoms with E-state index in [0.717, 1.165) is 11.8 Å². The Bertz CT molecular complexity index is 371. The van der Waals surface area contributed by atoms with Crippen molar-refractivity contribution in [3.05, 3.63) is 17.5 Å². The van der Waals surface area contributed by atoms with Gasteiger partial charge in [-0.3, -0.25) is 4.68 Å². The van der Waals surface area contributed by atoms with Gasteiger partial charge < -0.3 is 5.32 Å². The van der Waals surface area contributed by atoms with Crippen molar-refractivity contribution in [2.75, 3.05) is 13.1 Å². The molecule has 2 fully saturated rings. The quantitative estimate of drug-likeness (QED) is 0.850. The molecule has 0 spiro atoms. The lowest BCUT2D eigenvalue weighted by molar-refractivity contribution is 0.435. The first-order valence-electron chi connectivity index (χ1n) is 7.09.